The smallest absolute Gasteiger partial charge is 0.253 e. The summed E-state index contributed by atoms with van der Waals surface area (Å²) < 4.78 is 6.67. The Kier molecular flexibility index (Phi) is 9.23. The number of benzene rings is 2. The zero-order chi connectivity index (χ0) is 30.0. The average molecular weight is 657 g/mol. The second kappa shape index (κ2) is 12.7. The lowest BCUT2D eigenvalue weighted by molar-refractivity contribution is -0.145. The number of carbonyl (C=O) groups is 3. The van der Waals surface area contributed by atoms with Crippen molar-refractivity contribution in [2.75, 3.05) is 31.1 Å². The molecule has 3 aliphatic rings. The Morgan fingerprint density at radius 3 is 2.43 bits per heavy atom. The van der Waals surface area contributed by atoms with Gasteiger partial charge in [-0.3, -0.25) is 14.4 Å². The molecule has 42 heavy (non-hydrogen) atoms. The lowest BCUT2D eigenvalue weighted by Gasteiger charge is -2.37. The molecule has 3 unspecified atom stereocenters. The first kappa shape index (κ1) is 30.5. The van der Waals surface area contributed by atoms with Crippen molar-refractivity contribution in [1.82, 2.24) is 9.80 Å². The normalized spacial score (nSPS) is 27.5. The van der Waals surface area contributed by atoms with E-state index < -0.39 is 29.6 Å². The molecule has 3 amide bonds. The van der Waals surface area contributed by atoms with Crippen LogP contribution in [0.1, 0.15) is 18.4 Å². The van der Waals surface area contributed by atoms with Crippen LogP contribution in [0.25, 0.3) is 0 Å². The molecule has 0 radical (unpaired) electrons. The van der Waals surface area contributed by atoms with Crippen molar-refractivity contribution in [3.63, 3.8) is 0 Å². The van der Waals surface area contributed by atoms with E-state index in [4.69, 9.17) is 16.3 Å². The first-order chi connectivity index (χ1) is 20.3. The third-order valence-corrected chi connectivity index (χ3v) is 9.56. The van der Waals surface area contributed by atoms with Crippen molar-refractivity contribution < 1.29 is 24.2 Å². The molecule has 10 heteroatoms. The van der Waals surface area contributed by atoms with Crippen LogP contribution in [0.5, 0.6) is 0 Å². The highest BCUT2D eigenvalue weighted by molar-refractivity contribution is 9.09. The number of carbonyl (C=O) groups excluding carboxylic acids is 3. The summed E-state index contributed by atoms with van der Waals surface area (Å²) in [5.74, 6) is -2.45. The molecule has 0 aromatic heterocycles. The zero-order valence-electron chi connectivity index (χ0n) is 23.3. The highest BCUT2D eigenvalue weighted by Crippen LogP contribution is 2.60. The molecule has 0 saturated carbocycles. The number of fused-ring (bicyclic) bond motifs is 1. The Bertz CT molecular complexity index is 1340. The van der Waals surface area contributed by atoms with Crippen LogP contribution in [0.3, 0.4) is 0 Å². The zero-order valence-corrected chi connectivity index (χ0v) is 25.6. The van der Waals surface area contributed by atoms with E-state index in [1.807, 2.05) is 30.3 Å². The van der Waals surface area contributed by atoms with Gasteiger partial charge in [-0.05, 0) is 42.7 Å². The number of aliphatic hydroxyl groups excluding tert-OH is 1. The molecule has 222 valence electrons. The van der Waals surface area contributed by atoms with Crippen molar-refractivity contribution in [3.05, 3.63) is 90.5 Å². The number of nitrogens with zero attached hydrogens (tertiary/aromatic N) is 3. The fourth-order valence-electron chi connectivity index (χ4n) is 6.80. The molecule has 1 N–H and O–H groups in total. The monoisotopic (exact) mass is 655 g/mol. The predicted octanol–water partition coefficient (Wildman–Crippen LogP) is 4.20. The molecule has 3 fully saturated rings. The number of rotatable bonds is 12. The highest BCUT2D eigenvalue weighted by Gasteiger charge is 2.76. The summed E-state index contributed by atoms with van der Waals surface area (Å²) in [5.41, 5.74) is 0.357. The van der Waals surface area contributed by atoms with Crippen LogP contribution in [0, 0.1) is 11.8 Å². The van der Waals surface area contributed by atoms with E-state index in [0.717, 1.165) is 5.56 Å². The number of hydrogen-bond acceptors (Lipinski definition) is 5. The van der Waals surface area contributed by atoms with Crippen molar-refractivity contribution in [1.29, 1.82) is 0 Å². The molecule has 2 bridgehead atoms. The van der Waals surface area contributed by atoms with Gasteiger partial charge in [0.15, 0.2) is 0 Å². The largest absolute Gasteiger partial charge is 0.396 e. The summed E-state index contributed by atoms with van der Waals surface area (Å²) in [6, 6.07) is 15.6. The summed E-state index contributed by atoms with van der Waals surface area (Å²) in [5, 5.41) is 10.2. The molecule has 6 atom stereocenters. The minimum atomic E-state index is -1.21. The number of amides is 3. The quantitative estimate of drug-likeness (QED) is 0.273. The van der Waals surface area contributed by atoms with E-state index in [9.17, 15) is 19.5 Å². The maximum absolute atomic E-state index is 14.5. The van der Waals surface area contributed by atoms with Gasteiger partial charge in [-0.15, -0.1) is 13.2 Å². The Morgan fingerprint density at radius 1 is 1.10 bits per heavy atom. The van der Waals surface area contributed by atoms with Crippen LogP contribution in [-0.4, -0.2) is 81.4 Å². The van der Waals surface area contributed by atoms with E-state index in [1.54, 1.807) is 46.2 Å². The van der Waals surface area contributed by atoms with Crippen LogP contribution in [-0.2, 0) is 25.7 Å². The summed E-state index contributed by atoms with van der Waals surface area (Å²) in [4.78, 5) is 47.6. The fraction of sp³-hybridized carbons (Fsp3) is 0.406. The second-order valence-corrected chi connectivity index (χ2v) is 12.6. The van der Waals surface area contributed by atoms with Crippen molar-refractivity contribution in [3.8, 4) is 0 Å². The summed E-state index contributed by atoms with van der Waals surface area (Å²) in [6.45, 7) is 8.56. The number of likely N-dealkylation sites (tertiary alicyclic amines) is 1. The van der Waals surface area contributed by atoms with Gasteiger partial charge in [0.2, 0.25) is 11.8 Å². The van der Waals surface area contributed by atoms with Crippen LogP contribution in [0.2, 0.25) is 5.02 Å². The maximum atomic E-state index is 14.5. The predicted molar refractivity (Wildman–Crippen MR) is 165 cm³/mol. The van der Waals surface area contributed by atoms with Gasteiger partial charge < -0.3 is 24.5 Å². The van der Waals surface area contributed by atoms with Gasteiger partial charge in [0.25, 0.3) is 5.91 Å². The first-order valence-corrected chi connectivity index (χ1v) is 15.4. The van der Waals surface area contributed by atoms with E-state index in [-0.39, 0.29) is 48.7 Å². The van der Waals surface area contributed by atoms with Crippen LogP contribution in [0.4, 0.5) is 5.69 Å². The molecule has 0 aliphatic carbocycles. The average Bonchev–Trinajstić information content (AvgIpc) is 3.58. The van der Waals surface area contributed by atoms with Crippen molar-refractivity contribution in [2.45, 2.75) is 42.0 Å². The minimum absolute atomic E-state index is 0.146. The van der Waals surface area contributed by atoms with E-state index in [1.165, 1.54) is 4.90 Å². The van der Waals surface area contributed by atoms with E-state index in [0.29, 0.717) is 30.2 Å². The molecular formula is C32H35BrClN3O5. The number of alkyl halides is 1. The molecule has 5 rings (SSSR count). The summed E-state index contributed by atoms with van der Waals surface area (Å²) in [7, 11) is 0. The molecule has 3 saturated heterocycles. The SMILES string of the molecule is C=CCN(Cc1ccccc1)C(=O)[C@H]1[C@@H]2OC3(CC2Br)C(C(=O)N(CC=C)c2ccc(Cl)cc2)N(CCCO)C(=O)[C@H]13. The third-order valence-electron chi connectivity index (χ3n) is 8.46. The standard InChI is InChI=1S/C32H35BrClN3O5/c1-3-15-35(20-21-9-6-5-7-10-21)29(39)25-26-30(40)37(17-8-18-38)28(32(26)19-24(33)27(25)42-32)31(41)36(16-4-2)23-13-11-22(34)12-14-23/h3-7,9-14,24-28,38H,1-2,8,15-20H2/t24?,25-,26+,27-,28?,32?/m1/s1. The molecule has 8 nitrogen and oxygen atoms in total. The lowest BCUT2D eigenvalue weighted by Crippen LogP contribution is -2.57. The Hall–Kier alpha value is -2.98. The van der Waals surface area contributed by atoms with Gasteiger partial charge in [0, 0.05) is 48.3 Å². The van der Waals surface area contributed by atoms with Gasteiger partial charge in [-0.1, -0.05) is 70.0 Å². The number of anilines is 1. The van der Waals surface area contributed by atoms with Gasteiger partial charge in [-0.2, -0.15) is 0 Å². The third kappa shape index (κ3) is 5.32. The second-order valence-electron chi connectivity index (χ2n) is 11.0. The van der Waals surface area contributed by atoms with Crippen LogP contribution in [0.15, 0.2) is 79.9 Å². The van der Waals surface area contributed by atoms with Crippen molar-refractivity contribution >= 4 is 50.9 Å². The number of ether oxygens (including phenoxy) is 1. The fourth-order valence-corrected chi connectivity index (χ4v) is 7.86. The summed E-state index contributed by atoms with van der Waals surface area (Å²) >= 11 is 9.85. The van der Waals surface area contributed by atoms with E-state index >= 15 is 0 Å². The maximum Gasteiger partial charge on any atom is 0.253 e. The van der Waals surface area contributed by atoms with E-state index in [2.05, 4.69) is 29.1 Å². The van der Waals surface area contributed by atoms with Gasteiger partial charge in [0.05, 0.1) is 17.9 Å². The molecule has 1 spiro atoms. The number of hydrogen-bond donors (Lipinski definition) is 1. The first-order valence-electron chi connectivity index (χ1n) is 14.1. The van der Waals surface area contributed by atoms with Crippen LogP contribution < -0.4 is 4.90 Å². The Balaban J connectivity index is 1.54. The van der Waals surface area contributed by atoms with Crippen molar-refractivity contribution in [2.24, 2.45) is 11.8 Å². The molecular weight excluding hydrogens is 622 g/mol. The highest BCUT2D eigenvalue weighted by atomic mass is 79.9. The molecule has 2 aromatic rings. The minimum Gasteiger partial charge on any atom is -0.396 e. The summed E-state index contributed by atoms with van der Waals surface area (Å²) in [6.07, 6.45) is 3.41. The molecule has 3 aliphatic heterocycles. The number of halogens is 2. The topological polar surface area (TPSA) is 90.4 Å². The van der Waals surface area contributed by atoms with Gasteiger partial charge in [-0.25, -0.2) is 0 Å². The van der Waals surface area contributed by atoms with Gasteiger partial charge >= 0.3 is 0 Å². The lowest BCUT2D eigenvalue weighted by atomic mass is 9.70. The van der Waals surface area contributed by atoms with Gasteiger partial charge in [0.1, 0.15) is 11.6 Å². The molecule has 2 aromatic carbocycles. The molecule has 3 heterocycles. The van der Waals surface area contributed by atoms with Crippen LogP contribution >= 0.6 is 27.5 Å². The Morgan fingerprint density at radius 2 is 1.79 bits per heavy atom. The number of aliphatic hydroxyl groups is 1. The Labute approximate surface area is 259 Å².